The van der Waals surface area contributed by atoms with Crippen LogP contribution in [0.1, 0.15) is 26.2 Å². The average molecular weight is 175 g/mol. The second-order valence-electron chi connectivity index (χ2n) is 3.13. The van der Waals surface area contributed by atoms with Crippen LogP contribution in [0.3, 0.4) is 0 Å². The lowest BCUT2D eigenvalue weighted by Gasteiger charge is -1.99. The van der Waals surface area contributed by atoms with Crippen LogP contribution in [0.4, 0.5) is 0 Å². The highest BCUT2D eigenvalue weighted by Crippen LogP contribution is 2.37. The lowest BCUT2D eigenvalue weighted by Crippen LogP contribution is -1.80. The number of rotatable bonds is 3. The molecule has 0 nitrogen and oxygen atoms in total. The van der Waals surface area contributed by atoms with Gasteiger partial charge in [0.25, 0.3) is 0 Å². The lowest BCUT2D eigenvalue weighted by atomic mass is 10.1. The summed E-state index contributed by atoms with van der Waals surface area (Å²) in [6.07, 6.45) is 10.3. The molecule has 0 aromatic heterocycles. The molecule has 0 N–H and O–H groups in total. The van der Waals surface area contributed by atoms with Crippen LogP contribution in [-0.2, 0) is 0 Å². The fourth-order valence-electron chi connectivity index (χ4n) is 1.49. The Morgan fingerprint density at radius 3 is 3.25 bits per heavy atom. The van der Waals surface area contributed by atoms with Crippen LogP contribution >= 0.6 is 8.20 Å². The van der Waals surface area contributed by atoms with Gasteiger partial charge in [-0.3, -0.25) is 0 Å². The molecule has 0 saturated carbocycles. The second kappa shape index (κ2) is 3.41. The van der Waals surface area contributed by atoms with E-state index in [-0.39, 0.29) is 0 Å². The van der Waals surface area contributed by atoms with Gasteiger partial charge in [-0.25, -0.2) is 0 Å². The van der Waals surface area contributed by atoms with Gasteiger partial charge in [0.05, 0.1) is 0 Å². The molecule has 1 heteroatoms. The fraction of sp³-hybridized carbons (Fsp3) is 0.364. The Bertz CT molecular complexity index is 303. The standard InChI is InChI=1S/C11H12P/c1-2-3-7-11-10-6-4-5-9(10)8-12-11/h4-6H,2-3,7H2,1H3. The third-order valence-electron chi connectivity index (χ3n) is 2.21. The summed E-state index contributed by atoms with van der Waals surface area (Å²) in [4.78, 5) is 0. The van der Waals surface area contributed by atoms with Crippen molar-refractivity contribution in [3.05, 3.63) is 34.7 Å². The maximum atomic E-state index is 3.37. The van der Waals surface area contributed by atoms with E-state index in [1.807, 2.05) is 0 Å². The van der Waals surface area contributed by atoms with Crippen molar-refractivity contribution in [2.45, 2.75) is 26.2 Å². The molecular formula is C11H12P. The van der Waals surface area contributed by atoms with Crippen LogP contribution in [0.2, 0.25) is 0 Å². The van der Waals surface area contributed by atoms with E-state index < -0.39 is 0 Å². The number of allylic oxidation sites excluding steroid dienone is 6. The Balaban J connectivity index is 2.15. The van der Waals surface area contributed by atoms with Gasteiger partial charge < -0.3 is 0 Å². The fourth-order valence-corrected chi connectivity index (χ4v) is 2.53. The van der Waals surface area contributed by atoms with E-state index in [1.165, 1.54) is 38.6 Å². The first-order valence-electron chi connectivity index (χ1n) is 4.50. The first-order valence-corrected chi connectivity index (χ1v) is 5.40. The summed E-state index contributed by atoms with van der Waals surface area (Å²) in [6.45, 7) is 2.24. The maximum absolute atomic E-state index is 3.37. The topological polar surface area (TPSA) is 0 Å². The van der Waals surface area contributed by atoms with Gasteiger partial charge >= 0.3 is 0 Å². The largest absolute Gasteiger partial charge is 0.0654 e. The third-order valence-corrected chi connectivity index (χ3v) is 3.29. The van der Waals surface area contributed by atoms with Gasteiger partial charge in [-0.2, -0.15) is 0 Å². The quantitative estimate of drug-likeness (QED) is 0.575. The Kier molecular flexibility index (Phi) is 2.28. The zero-order chi connectivity index (χ0) is 8.39. The maximum Gasteiger partial charge on any atom is 0.0224 e. The van der Waals surface area contributed by atoms with Crippen molar-refractivity contribution in [1.82, 2.24) is 0 Å². The third kappa shape index (κ3) is 1.32. The molecule has 1 aliphatic heterocycles. The molecule has 12 heavy (non-hydrogen) atoms. The van der Waals surface area contributed by atoms with Crippen LogP contribution in [-0.4, -0.2) is 5.80 Å². The summed E-state index contributed by atoms with van der Waals surface area (Å²) in [6, 6.07) is 0. The van der Waals surface area contributed by atoms with Crippen molar-refractivity contribution in [2.24, 2.45) is 0 Å². The molecule has 0 aromatic carbocycles. The minimum atomic E-state index is 1.25. The SMILES string of the molecule is CCCCC1=C2C=CC=C2[C]=P1. The van der Waals surface area contributed by atoms with Crippen molar-refractivity contribution >= 4 is 14.0 Å². The van der Waals surface area contributed by atoms with Gasteiger partial charge in [0.1, 0.15) is 0 Å². The van der Waals surface area contributed by atoms with Crippen molar-refractivity contribution in [3.8, 4) is 0 Å². The van der Waals surface area contributed by atoms with E-state index in [1.54, 1.807) is 5.31 Å². The second-order valence-corrected chi connectivity index (χ2v) is 4.11. The van der Waals surface area contributed by atoms with Gasteiger partial charge in [0.15, 0.2) is 0 Å². The molecule has 0 unspecified atom stereocenters. The molecule has 0 fully saturated rings. The minimum Gasteiger partial charge on any atom is -0.0654 e. The summed E-state index contributed by atoms with van der Waals surface area (Å²) < 4.78 is 0. The molecule has 1 heterocycles. The average Bonchev–Trinajstić information content (AvgIpc) is 2.62. The number of unbranched alkanes of at least 4 members (excludes halogenated alkanes) is 1. The highest BCUT2D eigenvalue weighted by molar-refractivity contribution is 7.44. The molecule has 0 spiro atoms. The van der Waals surface area contributed by atoms with Gasteiger partial charge in [0, 0.05) is 5.80 Å². The van der Waals surface area contributed by atoms with Gasteiger partial charge in [-0.05, 0) is 29.3 Å². The normalized spacial score (nSPS) is 20.2. The number of hydrogen-bond acceptors (Lipinski definition) is 0. The van der Waals surface area contributed by atoms with Crippen LogP contribution in [0.5, 0.6) is 0 Å². The molecule has 1 radical (unpaired) electrons. The summed E-state index contributed by atoms with van der Waals surface area (Å²) in [7, 11) is 1.31. The predicted molar refractivity (Wildman–Crippen MR) is 55.7 cm³/mol. The molecule has 0 bridgehead atoms. The Morgan fingerprint density at radius 2 is 2.42 bits per heavy atom. The van der Waals surface area contributed by atoms with Gasteiger partial charge in [-0.15, -0.1) is 0 Å². The summed E-state index contributed by atoms with van der Waals surface area (Å²) >= 11 is 0. The van der Waals surface area contributed by atoms with Crippen LogP contribution in [0, 0.1) is 0 Å². The molecule has 0 saturated heterocycles. The molecule has 0 atom stereocenters. The molecule has 0 aromatic rings. The van der Waals surface area contributed by atoms with E-state index in [0.717, 1.165) is 0 Å². The Labute approximate surface area is 75.5 Å². The van der Waals surface area contributed by atoms with E-state index in [2.05, 4.69) is 30.9 Å². The zero-order valence-corrected chi connectivity index (χ0v) is 8.20. The van der Waals surface area contributed by atoms with Crippen LogP contribution in [0.25, 0.3) is 0 Å². The van der Waals surface area contributed by atoms with Crippen molar-refractivity contribution < 1.29 is 0 Å². The van der Waals surface area contributed by atoms with E-state index in [9.17, 15) is 0 Å². The summed E-state index contributed by atoms with van der Waals surface area (Å²) in [5.41, 5.74) is 2.77. The Morgan fingerprint density at radius 1 is 1.50 bits per heavy atom. The summed E-state index contributed by atoms with van der Waals surface area (Å²) in [5.74, 6) is 3.37. The number of fused-ring (bicyclic) bond motifs is 1. The predicted octanol–water partition coefficient (Wildman–Crippen LogP) is 3.57. The van der Waals surface area contributed by atoms with Crippen molar-refractivity contribution in [2.75, 3.05) is 0 Å². The first kappa shape index (κ1) is 8.01. The molecule has 2 rings (SSSR count). The zero-order valence-electron chi connectivity index (χ0n) is 7.30. The summed E-state index contributed by atoms with van der Waals surface area (Å²) in [5, 5.41) is 1.57. The van der Waals surface area contributed by atoms with E-state index >= 15 is 0 Å². The highest BCUT2D eigenvalue weighted by Gasteiger charge is 2.14. The van der Waals surface area contributed by atoms with E-state index in [0.29, 0.717) is 0 Å². The van der Waals surface area contributed by atoms with Gasteiger partial charge in [0.2, 0.25) is 0 Å². The molecule has 1 aliphatic carbocycles. The minimum absolute atomic E-state index is 1.25. The molecular weight excluding hydrogens is 163 g/mol. The lowest BCUT2D eigenvalue weighted by molar-refractivity contribution is 0.807. The first-order chi connectivity index (χ1) is 5.92. The van der Waals surface area contributed by atoms with E-state index in [4.69, 9.17) is 0 Å². The van der Waals surface area contributed by atoms with Crippen molar-refractivity contribution in [3.63, 3.8) is 0 Å². The highest BCUT2D eigenvalue weighted by atomic mass is 31.1. The van der Waals surface area contributed by atoms with Gasteiger partial charge in [-0.1, -0.05) is 39.8 Å². The Hall–Kier alpha value is -0.610. The van der Waals surface area contributed by atoms with Crippen LogP contribution in [0.15, 0.2) is 34.7 Å². The van der Waals surface area contributed by atoms with Crippen molar-refractivity contribution in [1.29, 1.82) is 0 Å². The molecule has 61 valence electrons. The van der Waals surface area contributed by atoms with Crippen LogP contribution < -0.4 is 0 Å². The molecule has 0 amide bonds. The number of hydrogen-bond donors (Lipinski definition) is 0. The monoisotopic (exact) mass is 175 g/mol. The molecule has 2 aliphatic rings. The smallest absolute Gasteiger partial charge is 0.0224 e.